The molecule has 0 unspecified atom stereocenters. The van der Waals surface area contributed by atoms with Crippen LogP contribution in [0.2, 0.25) is 0 Å². The highest BCUT2D eigenvalue weighted by Gasteiger charge is 2.20. The fourth-order valence-corrected chi connectivity index (χ4v) is 2.26. The minimum atomic E-state index is 0.404. The predicted octanol–water partition coefficient (Wildman–Crippen LogP) is 3.35. The van der Waals surface area contributed by atoms with E-state index in [2.05, 4.69) is 65.6 Å². The van der Waals surface area contributed by atoms with Crippen molar-refractivity contribution in [3.63, 3.8) is 0 Å². The smallest absolute Gasteiger partial charge is 0.0551 e. The van der Waals surface area contributed by atoms with Crippen molar-refractivity contribution in [3.05, 3.63) is 59.9 Å². The zero-order valence-electron chi connectivity index (χ0n) is 10.8. The third-order valence-corrected chi connectivity index (χ3v) is 3.68. The molecule has 1 heterocycles. The Morgan fingerprint density at radius 3 is 2.72 bits per heavy atom. The van der Waals surface area contributed by atoms with Crippen molar-refractivity contribution in [1.29, 1.82) is 0 Å². The van der Waals surface area contributed by atoms with Gasteiger partial charge in [0.05, 0.1) is 6.04 Å². The Bertz CT molecular complexity index is 497. The number of aromatic nitrogens is 1. The van der Waals surface area contributed by atoms with Crippen LogP contribution in [0.25, 0.3) is 0 Å². The molecule has 0 radical (unpaired) electrons. The summed E-state index contributed by atoms with van der Waals surface area (Å²) < 4.78 is 2.29. The van der Waals surface area contributed by atoms with Gasteiger partial charge in [-0.25, -0.2) is 0 Å². The minimum absolute atomic E-state index is 0.404. The first-order chi connectivity index (χ1) is 8.83. The minimum Gasteiger partial charge on any atom is -0.347 e. The van der Waals surface area contributed by atoms with Crippen molar-refractivity contribution < 1.29 is 0 Å². The molecule has 3 rings (SSSR count). The third kappa shape index (κ3) is 2.65. The molecule has 0 aliphatic heterocycles. The molecule has 1 fully saturated rings. The second kappa shape index (κ2) is 4.99. The van der Waals surface area contributed by atoms with Gasteiger partial charge < -0.3 is 9.88 Å². The van der Waals surface area contributed by atoms with Gasteiger partial charge in [0.25, 0.3) is 0 Å². The monoisotopic (exact) mass is 240 g/mol. The summed E-state index contributed by atoms with van der Waals surface area (Å²) in [7, 11) is 0. The van der Waals surface area contributed by atoms with E-state index in [4.69, 9.17) is 0 Å². The Balaban J connectivity index is 1.68. The van der Waals surface area contributed by atoms with Gasteiger partial charge >= 0.3 is 0 Å². The highest BCUT2D eigenvalue weighted by Crippen LogP contribution is 2.21. The quantitative estimate of drug-likeness (QED) is 0.848. The molecule has 1 aliphatic rings. The lowest BCUT2D eigenvalue weighted by Crippen LogP contribution is -2.14. The van der Waals surface area contributed by atoms with Crippen LogP contribution in [0.3, 0.4) is 0 Å². The molecule has 0 saturated heterocycles. The van der Waals surface area contributed by atoms with E-state index in [1.165, 1.54) is 24.0 Å². The number of nitrogens with one attached hydrogen (secondary N) is 1. The Hall–Kier alpha value is -1.54. The molecule has 2 nitrogen and oxygen atoms in total. The molecule has 0 spiro atoms. The van der Waals surface area contributed by atoms with Crippen molar-refractivity contribution in [3.8, 4) is 0 Å². The van der Waals surface area contributed by atoms with Crippen molar-refractivity contribution in [1.82, 2.24) is 9.88 Å². The summed E-state index contributed by atoms with van der Waals surface area (Å²) in [5.41, 5.74) is 2.74. The van der Waals surface area contributed by atoms with Crippen molar-refractivity contribution in [2.75, 3.05) is 0 Å². The van der Waals surface area contributed by atoms with Crippen LogP contribution in [-0.2, 0) is 6.54 Å². The lowest BCUT2D eigenvalue weighted by Gasteiger charge is -2.13. The van der Waals surface area contributed by atoms with E-state index in [0.29, 0.717) is 6.04 Å². The highest BCUT2D eigenvalue weighted by molar-refractivity contribution is 5.21. The van der Waals surface area contributed by atoms with Gasteiger partial charge in [0.2, 0.25) is 0 Å². The van der Waals surface area contributed by atoms with E-state index in [1.54, 1.807) is 0 Å². The molecule has 2 heteroatoms. The fourth-order valence-electron chi connectivity index (χ4n) is 2.26. The molecule has 0 amide bonds. The molecule has 1 aromatic heterocycles. The maximum Gasteiger partial charge on any atom is 0.0551 e. The van der Waals surface area contributed by atoms with Gasteiger partial charge in [-0.1, -0.05) is 30.3 Å². The summed E-state index contributed by atoms with van der Waals surface area (Å²) in [5, 5.41) is 3.55. The number of benzene rings is 1. The van der Waals surface area contributed by atoms with Gasteiger partial charge in [-0.05, 0) is 37.0 Å². The Kier molecular flexibility index (Phi) is 3.20. The van der Waals surface area contributed by atoms with Crippen molar-refractivity contribution >= 4 is 0 Å². The van der Waals surface area contributed by atoms with Crippen LogP contribution < -0.4 is 5.32 Å². The average molecular weight is 240 g/mol. The van der Waals surface area contributed by atoms with E-state index >= 15 is 0 Å². The fraction of sp³-hybridized carbons (Fsp3) is 0.375. The van der Waals surface area contributed by atoms with Gasteiger partial charge in [-0.15, -0.1) is 0 Å². The van der Waals surface area contributed by atoms with Crippen LogP contribution >= 0.6 is 0 Å². The Labute approximate surface area is 109 Å². The molecular formula is C16H20N2. The molecule has 2 aromatic rings. The second-order valence-corrected chi connectivity index (χ2v) is 5.21. The van der Waals surface area contributed by atoms with Crippen LogP contribution in [0.15, 0.2) is 48.8 Å². The summed E-state index contributed by atoms with van der Waals surface area (Å²) >= 11 is 0. The van der Waals surface area contributed by atoms with Crippen LogP contribution in [0.1, 0.15) is 36.9 Å². The summed E-state index contributed by atoms with van der Waals surface area (Å²) in [4.78, 5) is 0. The number of hydrogen-bond donors (Lipinski definition) is 1. The zero-order chi connectivity index (χ0) is 12.4. The van der Waals surface area contributed by atoms with Gasteiger partial charge in [0, 0.05) is 25.0 Å². The maximum atomic E-state index is 3.55. The summed E-state index contributed by atoms with van der Waals surface area (Å²) in [6, 6.07) is 14.0. The first-order valence-electron chi connectivity index (χ1n) is 6.77. The first-order valence-corrected chi connectivity index (χ1v) is 6.77. The summed E-state index contributed by atoms with van der Waals surface area (Å²) in [6.45, 7) is 3.24. The molecule has 1 N–H and O–H groups in total. The van der Waals surface area contributed by atoms with Gasteiger partial charge in [-0.3, -0.25) is 0 Å². The predicted molar refractivity (Wildman–Crippen MR) is 74.5 cm³/mol. The molecule has 0 bridgehead atoms. The number of nitrogens with zero attached hydrogens (tertiary/aromatic N) is 1. The lowest BCUT2D eigenvalue weighted by molar-refractivity contribution is 0.635. The summed E-state index contributed by atoms with van der Waals surface area (Å²) in [6.07, 6.45) is 7.14. The zero-order valence-corrected chi connectivity index (χ0v) is 10.8. The van der Waals surface area contributed by atoms with E-state index < -0.39 is 0 Å². The van der Waals surface area contributed by atoms with Crippen molar-refractivity contribution in [2.24, 2.45) is 0 Å². The lowest BCUT2D eigenvalue weighted by atomic mass is 10.1. The van der Waals surface area contributed by atoms with Gasteiger partial charge in [0.1, 0.15) is 0 Å². The van der Waals surface area contributed by atoms with Crippen LogP contribution in [0.4, 0.5) is 0 Å². The Morgan fingerprint density at radius 1 is 1.22 bits per heavy atom. The van der Waals surface area contributed by atoms with E-state index in [1.807, 2.05) is 0 Å². The normalized spacial score (nSPS) is 16.7. The number of hydrogen-bond acceptors (Lipinski definition) is 1. The number of rotatable bonds is 5. The van der Waals surface area contributed by atoms with E-state index in [-0.39, 0.29) is 0 Å². The highest BCUT2D eigenvalue weighted by atomic mass is 15.0. The van der Waals surface area contributed by atoms with Crippen LogP contribution in [-0.4, -0.2) is 10.6 Å². The van der Waals surface area contributed by atoms with E-state index in [0.717, 1.165) is 12.6 Å². The molecule has 18 heavy (non-hydrogen) atoms. The molecule has 1 atom stereocenters. The standard InChI is InChI=1S/C16H20N2/c1-13(15-5-3-2-4-6-15)18-10-9-14(12-18)11-17-16-7-8-16/h2-6,9-10,12-13,16-17H,7-8,11H2,1H3/t13-/m1/s1. The first kappa shape index (κ1) is 11.5. The molecule has 1 saturated carbocycles. The largest absolute Gasteiger partial charge is 0.347 e. The van der Waals surface area contributed by atoms with Gasteiger partial charge in [-0.2, -0.15) is 0 Å². The third-order valence-electron chi connectivity index (χ3n) is 3.68. The molecule has 94 valence electrons. The van der Waals surface area contributed by atoms with Crippen LogP contribution in [0.5, 0.6) is 0 Å². The second-order valence-electron chi connectivity index (χ2n) is 5.21. The maximum absolute atomic E-state index is 3.55. The van der Waals surface area contributed by atoms with Crippen LogP contribution in [0, 0.1) is 0 Å². The SMILES string of the molecule is C[C@H](c1ccccc1)n1ccc(CNC2CC2)c1. The average Bonchev–Trinajstić information content (AvgIpc) is 3.14. The summed E-state index contributed by atoms with van der Waals surface area (Å²) in [5.74, 6) is 0. The van der Waals surface area contributed by atoms with Gasteiger partial charge in [0.15, 0.2) is 0 Å². The molecular weight excluding hydrogens is 220 g/mol. The van der Waals surface area contributed by atoms with Crippen molar-refractivity contribution in [2.45, 2.75) is 38.4 Å². The molecule has 1 aliphatic carbocycles. The topological polar surface area (TPSA) is 17.0 Å². The Morgan fingerprint density at radius 2 is 2.00 bits per heavy atom. The van der Waals surface area contributed by atoms with E-state index in [9.17, 15) is 0 Å². The molecule has 1 aromatic carbocycles.